The van der Waals surface area contributed by atoms with E-state index in [4.69, 9.17) is 11.6 Å². The number of para-hydroxylation sites is 1. The number of pyridine rings is 2. The minimum atomic E-state index is -0.302. The summed E-state index contributed by atoms with van der Waals surface area (Å²) in [5.74, 6) is -0.604. The SMILES string of the molecule is O=C1c2ccccc2C(=O)N1Cc1cnc2c(Cl)cccc2c1-c1ccccn1. The van der Waals surface area contributed by atoms with Crippen LogP contribution in [0.25, 0.3) is 22.2 Å². The summed E-state index contributed by atoms with van der Waals surface area (Å²) in [6, 6.07) is 18.0. The van der Waals surface area contributed by atoms with Crippen LogP contribution in [0.15, 0.2) is 73.1 Å². The van der Waals surface area contributed by atoms with E-state index in [9.17, 15) is 9.59 Å². The fourth-order valence-corrected chi connectivity index (χ4v) is 3.94. The van der Waals surface area contributed by atoms with Gasteiger partial charge in [-0.2, -0.15) is 0 Å². The number of hydrogen-bond donors (Lipinski definition) is 0. The minimum absolute atomic E-state index is 0.105. The molecule has 0 bridgehead atoms. The highest BCUT2D eigenvalue weighted by Crippen LogP contribution is 2.34. The molecule has 2 aromatic heterocycles. The number of hydrogen-bond acceptors (Lipinski definition) is 4. The summed E-state index contributed by atoms with van der Waals surface area (Å²) >= 11 is 6.34. The first-order chi connectivity index (χ1) is 14.1. The lowest BCUT2D eigenvalue weighted by Crippen LogP contribution is -2.29. The van der Waals surface area contributed by atoms with Gasteiger partial charge in [0.2, 0.25) is 0 Å². The molecule has 2 amide bonds. The normalized spacial score (nSPS) is 13.2. The van der Waals surface area contributed by atoms with Gasteiger partial charge in [-0.05, 0) is 30.3 Å². The first kappa shape index (κ1) is 17.5. The predicted octanol–water partition coefficient (Wildman–Crippen LogP) is 4.75. The number of rotatable bonds is 3. The van der Waals surface area contributed by atoms with Crippen molar-refractivity contribution in [2.45, 2.75) is 6.54 Å². The van der Waals surface area contributed by atoms with Crippen LogP contribution < -0.4 is 0 Å². The van der Waals surface area contributed by atoms with Gasteiger partial charge in [0.15, 0.2) is 0 Å². The van der Waals surface area contributed by atoms with Crippen LogP contribution in [0, 0.1) is 0 Å². The number of carbonyl (C=O) groups is 2. The number of nitrogens with zero attached hydrogens (tertiary/aromatic N) is 3. The Balaban J connectivity index is 1.67. The number of carbonyl (C=O) groups excluding carboxylic acids is 2. The Bertz CT molecular complexity index is 1250. The summed E-state index contributed by atoms with van der Waals surface area (Å²) in [4.78, 5) is 35.9. The highest BCUT2D eigenvalue weighted by atomic mass is 35.5. The second kappa shape index (κ2) is 6.79. The molecule has 0 radical (unpaired) electrons. The van der Waals surface area contributed by atoms with Crippen molar-refractivity contribution in [1.82, 2.24) is 14.9 Å². The zero-order chi connectivity index (χ0) is 20.0. The van der Waals surface area contributed by atoms with E-state index >= 15 is 0 Å². The standard InChI is InChI=1S/C23H14ClN3O2/c24-18-9-5-8-17-20(19-10-3-4-11-25-19)14(12-26-21(17)18)13-27-22(28)15-6-1-2-7-16(15)23(27)29/h1-12H,13H2. The molecular weight excluding hydrogens is 386 g/mol. The lowest BCUT2D eigenvalue weighted by Gasteiger charge is -2.18. The van der Waals surface area contributed by atoms with Crippen molar-refractivity contribution in [1.29, 1.82) is 0 Å². The quantitative estimate of drug-likeness (QED) is 0.466. The second-order valence-electron chi connectivity index (χ2n) is 6.75. The summed E-state index contributed by atoms with van der Waals surface area (Å²) in [6.45, 7) is 0.105. The van der Waals surface area contributed by atoms with Crippen LogP contribution in [0.2, 0.25) is 5.02 Å². The Labute approximate surface area is 171 Å². The lowest BCUT2D eigenvalue weighted by molar-refractivity contribution is 0.0642. The molecule has 5 nitrogen and oxygen atoms in total. The first-order valence-corrected chi connectivity index (χ1v) is 9.45. The number of imide groups is 1. The topological polar surface area (TPSA) is 63.2 Å². The van der Waals surface area contributed by atoms with Crippen LogP contribution in [0.1, 0.15) is 26.3 Å². The second-order valence-corrected chi connectivity index (χ2v) is 7.16. The van der Waals surface area contributed by atoms with Crippen molar-refractivity contribution in [3.05, 3.63) is 94.8 Å². The lowest BCUT2D eigenvalue weighted by atomic mass is 9.99. The largest absolute Gasteiger partial charge is 0.270 e. The fraction of sp³-hybridized carbons (Fsp3) is 0.0435. The molecule has 0 unspecified atom stereocenters. The van der Waals surface area contributed by atoms with Crippen LogP contribution in [-0.4, -0.2) is 26.7 Å². The maximum atomic E-state index is 12.8. The van der Waals surface area contributed by atoms with Crippen molar-refractivity contribution in [2.75, 3.05) is 0 Å². The van der Waals surface area contributed by atoms with Gasteiger partial charge in [0.1, 0.15) is 0 Å². The summed E-state index contributed by atoms with van der Waals surface area (Å²) in [6.07, 6.45) is 3.37. The number of amides is 2. The Hall–Kier alpha value is -3.57. The number of benzene rings is 2. The van der Waals surface area contributed by atoms with Gasteiger partial charge in [0.05, 0.1) is 33.9 Å². The van der Waals surface area contributed by atoms with E-state index in [1.54, 1.807) is 42.7 Å². The van der Waals surface area contributed by atoms with E-state index < -0.39 is 0 Å². The predicted molar refractivity (Wildman–Crippen MR) is 111 cm³/mol. The Morgan fingerprint density at radius 1 is 0.828 bits per heavy atom. The van der Waals surface area contributed by atoms with Gasteiger partial charge in [-0.3, -0.25) is 24.5 Å². The Morgan fingerprint density at radius 3 is 2.24 bits per heavy atom. The van der Waals surface area contributed by atoms with E-state index in [-0.39, 0.29) is 18.4 Å². The molecule has 3 heterocycles. The van der Waals surface area contributed by atoms with E-state index in [0.29, 0.717) is 21.7 Å². The van der Waals surface area contributed by atoms with E-state index in [1.807, 2.05) is 30.3 Å². The van der Waals surface area contributed by atoms with Gasteiger partial charge in [0, 0.05) is 28.9 Å². The molecule has 29 heavy (non-hydrogen) atoms. The molecule has 0 saturated carbocycles. The van der Waals surface area contributed by atoms with Gasteiger partial charge in [-0.25, -0.2) is 0 Å². The first-order valence-electron chi connectivity index (χ1n) is 9.08. The molecule has 0 aliphatic carbocycles. The van der Waals surface area contributed by atoms with Gasteiger partial charge < -0.3 is 0 Å². The van der Waals surface area contributed by atoms with Crippen molar-refractivity contribution in [2.24, 2.45) is 0 Å². The summed E-state index contributed by atoms with van der Waals surface area (Å²) in [5, 5.41) is 1.36. The third-order valence-corrected chi connectivity index (χ3v) is 5.36. The summed E-state index contributed by atoms with van der Waals surface area (Å²) < 4.78 is 0. The molecule has 0 saturated heterocycles. The van der Waals surface area contributed by atoms with Crippen molar-refractivity contribution in [3.8, 4) is 11.3 Å². The van der Waals surface area contributed by atoms with Crippen LogP contribution >= 0.6 is 11.6 Å². The van der Waals surface area contributed by atoms with Gasteiger partial charge in [-0.1, -0.05) is 41.9 Å². The molecule has 2 aromatic carbocycles. The number of fused-ring (bicyclic) bond motifs is 2. The number of aromatic nitrogens is 2. The Kier molecular flexibility index (Phi) is 4.11. The molecule has 5 rings (SSSR count). The molecule has 4 aromatic rings. The molecule has 0 spiro atoms. The molecule has 1 aliphatic heterocycles. The smallest absolute Gasteiger partial charge is 0.261 e. The highest BCUT2D eigenvalue weighted by molar-refractivity contribution is 6.35. The highest BCUT2D eigenvalue weighted by Gasteiger charge is 2.35. The minimum Gasteiger partial charge on any atom is -0.270 e. The molecule has 0 N–H and O–H groups in total. The van der Waals surface area contributed by atoms with Crippen molar-refractivity contribution < 1.29 is 9.59 Å². The zero-order valence-corrected chi connectivity index (χ0v) is 15.9. The summed E-state index contributed by atoms with van der Waals surface area (Å²) in [7, 11) is 0. The third-order valence-electron chi connectivity index (χ3n) is 5.05. The van der Waals surface area contributed by atoms with E-state index in [1.165, 1.54) is 4.90 Å². The van der Waals surface area contributed by atoms with Crippen LogP contribution in [0.3, 0.4) is 0 Å². The van der Waals surface area contributed by atoms with Gasteiger partial charge in [-0.15, -0.1) is 0 Å². The van der Waals surface area contributed by atoms with Gasteiger partial charge >= 0.3 is 0 Å². The molecule has 1 aliphatic rings. The van der Waals surface area contributed by atoms with Crippen LogP contribution in [-0.2, 0) is 6.54 Å². The molecule has 0 atom stereocenters. The van der Waals surface area contributed by atoms with Crippen LogP contribution in [0.5, 0.6) is 0 Å². The van der Waals surface area contributed by atoms with Gasteiger partial charge in [0.25, 0.3) is 11.8 Å². The molecular formula is C23H14ClN3O2. The van der Waals surface area contributed by atoms with Crippen LogP contribution in [0.4, 0.5) is 0 Å². The maximum absolute atomic E-state index is 12.8. The fourth-order valence-electron chi connectivity index (χ4n) is 3.71. The van der Waals surface area contributed by atoms with E-state index in [2.05, 4.69) is 9.97 Å². The molecule has 140 valence electrons. The Morgan fingerprint density at radius 2 is 1.55 bits per heavy atom. The average molecular weight is 400 g/mol. The maximum Gasteiger partial charge on any atom is 0.261 e. The van der Waals surface area contributed by atoms with Crippen molar-refractivity contribution >= 4 is 34.3 Å². The molecule has 0 fully saturated rings. The summed E-state index contributed by atoms with van der Waals surface area (Å²) in [5.41, 5.74) is 3.78. The third kappa shape index (κ3) is 2.79. The molecule has 6 heteroatoms. The number of halogens is 1. The monoisotopic (exact) mass is 399 g/mol. The van der Waals surface area contributed by atoms with Crippen molar-refractivity contribution in [3.63, 3.8) is 0 Å². The average Bonchev–Trinajstić information content (AvgIpc) is 2.99. The zero-order valence-electron chi connectivity index (χ0n) is 15.2. The van der Waals surface area contributed by atoms with E-state index in [0.717, 1.165) is 22.2 Å².